The molecule has 1 rings (SSSR count). The standard InChI is InChI=1S/C12H17N3S/c1-3-16-7-5-10(2)15-12-8-11(9-13)4-6-14-12/h4,6,8,10H,3,5,7H2,1-2H3,(H,14,15). The van der Waals surface area contributed by atoms with Crippen LogP contribution in [0.3, 0.4) is 0 Å². The third kappa shape index (κ3) is 4.54. The lowest BCUT2D eigenvalue weighted by molar-refractivity contribution is 0.766. The Bertz CT molecular complexity index is 360. The Morgan fingerprint density at radius 3 is 3.12 bits per heavy atom. The van der Waals surface area contributed by atoms with Crippen LogP contribution in [0.5, 0.6) is 0 Å². The fourth-order valence-corrected chi connectivity index (χ4v) is 2.12. The molecule has 0 aromatic carbocycles. The van der Waals surface area contributed by atoms with Crippen LogP contribution in [-0.4, -0.2) is 22.5 Å². The van der Waals surface area contributed by atoms with Crippen molar-refractivity contribution < 1.29 is 0 Å². The lowest BCUT2D eigenvalue weighted by atomic mass is 10.2. The van der Waals surface area contributed by atoms with Crippen LogP contribution in [0, 0.1) is 11.3 Å². The second-order valence-corrected chi connectivity index (χ2v) is 4.97. The molecule has 0 fully saturated rings. The average Bonchev–Trinajstić information content (AvgIpc) is 2.29. The fraction of sp³-hybridized carbons (Fsp3) is 0.500. The summed E-state index contributed by atoms with van der Waals surface area (Å²) in [5, 5.41) is 12.1. The van der Waals surface area contributed by atoms with Gasteiger partial charge in [0.05, 0.1) is 11.6 Å². The SMILES string of the molecule is CCSCCC(C)Nc1cc(C#N)ccn1. The normalized spacial score (nSPS) is 11.8. The first-order valence-corrected chi connectivity index (χ1v) is 6.62. The number of nitriles is 1. The van der Waals surface area contributed by atoms with E-state index in [2.05, 4.69) is 30.2 Å². The van der Waals surface area contributed by atoms with Crippen LogP contribution in [0.1, 0.15) is 25.8 Å². The smallest absolute Gasteiger partial charge is 0.127 e. The van der Waals surface area contributed by atoms with Crippen molar-refractivity contribution in [3.63, 3.8) is 0 Å². The van der Waals surface area contributed by atoms with Gasteiger partial charge in [-0.1, -0.05) is 6.92 Å². The summed E-state index contributed by atoms with van der Waals surface area (Å²) in [6.07, 6.45) is 2.77. The molecule has 1 atom stereocenters. The summed E-state index contributed by atoms with van der Waals surface area (Å²) in [4.78, 5) is 4.19. The molecule has 86 valence electrons. The number of anilines is 1. The summed E-state index contributed by atoms with van der Waals surface area (Å²) in [5.74, 6) is 3.10. The highest BCUT2D eigenvalue weighted by molar-refractivity contribution is 7.99. The van der Waals surface area contributed by atoms with Gasteiger partial charge in [-0.2, -0.15) is 17.0 Å². The molecule has 0 saturated carbocycles. The topological polar surface area (TPSA) is 48.7 Å². The van der Waals surface area contributed by atoms with E-state index in [1.807, 2.05) is 11.8 Å². The maximum absolute atomic E-state index is 8.76. The van der Waals surface area contributed by atoms with Gasteiger partial charge in [-0.05, 0) is 37.0 Å². The van der Waals surface area contributed by atoms with Gasteiger partial charge in [0.2, 0.25) is 0 Å². The minimum Gasteiger partial charge on any atom is -0.368 e. The number of pyridine rings is 1. The Morgan fingerprint density at radius 2 is 2.44 bits per heavy atom. The minimum absolute atomic E-state index is 0.389. The highest BCUT2D eigenvalue weighted by Gasteiger charge is 2.03. The molecular formula is C12H17N3S. The number of hydrogen-bond donors (Lipinski definition) is 1. The quantitative estimate of drug-likeness (QED) is 0.770. The van der Waals surface area contributed by atoms with E-state index in [1.54, 1.807) is 18.3 Å². The summed E-state index contributed by atoms with van der Waals surface area (Å²) in [6.45, 7) is 4.30. The van der Waals surface area contributed by atoms with Crippen molar-refractivity contribution in [3.8, 4) is 6.07 Å². The van der Waals surface area contributed by atoms with Gasteiger partial charge in [-0.3, -0.25) is 0 Å². The minimum atomic E-state index is 0.389. The molecule has 0 radical (unpaired) electrons. The van der Waals surface area contributed by atoms with E-state index >= 15 is 0 Å². The first kappa shape index (κ1) is 12.9. The molecule has 0 spiro atoms. The van der Waals surface area contributed by atoms with E-state index in [-0.39, 0.29) is 0 Å². The fourth-order valence-electron chi connectivity index (χ4n) is 1.31. The van der Waals surface area contributed by atoms with Gasteiger partial charge in [-0.25, -0.2) is 4.98 Å². The van der Waals surface area contributed by atoms with Crippen LogP contribution in [0.4, 0.5) is 5.82 Å². The zero-order chi connectivity index (χ0) is 11.8. The Labute approximate surface area is 101 Å². The van der Waals surface area contributed by atoms with Crippen LogP contribution in [0.15, 0.2) is 18.3 Å². The van der Waals surface area contributed by atoms with E-state index in [4.69, 9.17) is 5.26 Å². The van der Waals surface area contributed by atoms with Crippen LogP contribution >= 0.6 is 11.8 Å². The molecule has 1 aromatic rings. The third-order valence-corrected chi connectivity index (χ3v) is 3.12. The molecule has 3 nitrogen and oxygen atoms in total. The van der Waals surface area contributed by atoms with Crippen molar-refractivity contribution in [2.75, 3.05) is 16.8 Å². The predicted molar refractivity (Wildman–Crippen MR) is 69.7 cm³/mol. The molecule has 0 aliphatic heterocycles. The van der Waals surface area contributed by atoms with Gasteiger partial charge in [0.15, 0.2) is 0 Å². The monoisotopic (exact) mass is 235 g/mol. The molecule has 0 aliphatic rings. The van der Waals surface area contributed by atoms with Crippen LogP contribution in [0.2, 0.25) is 0 Å². The average molecular weight is 235 g/mol. The van der Waals surface area contributed by atoms with Gasteiger partial charge >= 0.3 is 0 Å². The maximum Gasteiger partial charge on any atom is 0.127 e. The molecule has 1 heterocycles. The zero-order valence-corrected chi connectivity index (χ0v) is 10.5. The largest absolute Gasteiger partial charge is 0.368 e. The van der Waals surface area contributed by atoms with Crippen molar-refractivity contribution in [1.29, 1.82) is 5.26 Å². The van der Waals surface area contributed by atoms with Crippen molar-refractivity contribution in [2.45, 2.75) is 26.3 Å². The first-order valence-electron chi connectivity index (χ1n) is 5.46. The Kier molecular flexibility index (Phi) is 5.73. The Balaban J connectivity index is 2.43. The van der Waals surface area contributed by atoms with E-state index in [1.165, 1.54) is 0 Å². The second-order valence-electron chi connectivity index (χ2n) is 3.57. The van der Waals surface area contributed by atoms with Crippen molar-refractivity contribution in [3.05, 3.63) is 23.9 Å². The second kappa shape index (κ2) is 7.13. The molecule has 0 aliphatic carbocycles. The Morgan fingerprint density at radius 1 is 1.62 bits per heavy atom. The van der Waals surface area contributed by atoms with Crippen LogP contribution < -0.4 is 5.32 Å². The third-order valence-electron chi connectivity index (χ3n) is 2.18. The van der Waals surface area contributed by atoms with Gasteiger partial charge in [0.1, 0.15) is 5.82 Å². The highest BCUT2D eigenvalue weighted by Crippen LogP contribution is 2.10. The van der Waals surface area contributed by atoms with E-state index in [0.717, 1.165) is 23.7 Å². The summed E-state index contributed by atoms with van der Waals surface area (Å²) in [6, 6.07) is 5.99. The zero-order valence-electron chi connectivity index (χ0n) is 9.73. The number of thioether (sulfide) groups is 1. The number of rotatable bonds is 6. The van der Waals surface area contributed by atoms with Crippen LogP contribution in [0.25, 0.3) is 0 Å². The van der Waals surface area contributed by atoms with E-state index in [0.29, 0.717) is 11.6 Å². The van der Waals surface area contributed by atoms with E-state index < -0.39 is 0 Å². The van der Waals surface area contributed by atoms with Crippen LogP contribution in [-0.2, 0) is 0 Å². The van der Waals surface area contributed by atoms with Crippen molar-refractivity contribution in [2.24, 2.45) is 0 Å². The summed E-state index contributed by atoms with van der Waals surface area (Å²) in [5.41, 5.74) is 0.646. The number of aromatic nitrogens is 1. The number of hydrogen-bond acceptors (Lipinski definition) is 4. The molecule has 0 bridgehead atoms. The molecule has 1 N–H and O–H groups in total. The summed E-state index contributed by atoms with van der Waals surface area (Å²) in [7, 11) is 0. The van der Waals surface area contributed by atoms with E-state index in [9.17, 15) is 0 Å². The molecule has 1 aromatic heterocycles. The number of nitrogens with one attached hydrogen (secondary N) is 1. The first-order chi connectivity index (χ1) is 7.76. The molecule has 16 heavy (non-hydrogen) atoms. The maximum atomic E-state index is 8.76. The number of nitrogens with zero attached hydrogens (tertiary/aromatic N) is 2. The molecular weight excluding hydrogens is 218 g/mol. The lowest BCUT2D eigenvalue weighted by Gasteiger charge is -2.13. The van der Waals surface area contributed by atoms with Crippen molar-refractivity contribution in [1.82, 2.24) is 4.98 Å². The predicted octanol–water partition coefficient (Wildman–Crippen LogP) is 2.90. The molecule has 0 amide bonds. The van der Waals surface area contributed by atoms with Gasteiger partial charge < -0.3 is 5.32 Å². The van der Waals surface area contributed by atoms with Gasteiger partial charge in [-0.15, -0.1) is 0 Å². The molecule has 4 heteroatoms. The Hall–Kier alpha value is -1.21. The van der Waals surface area contributed by atoms with Crippen molar-refractivity contribution >= 4 is 17.6 Å². The summed E-state index contributed by atoms with van der Waals surface area (Å²) >= 11 is 1.94. The van der Waals surface area contributed by atoms with Gasteiger partial charge in [0, 0.05) is 12.2 Å². The van der Waals surface area contributed by atoms with Gasteiger partial charge in [0.25, 0.3) is 0 Å². The molecule has 1 unspecified atom stereocenters. The lowest BCUT2D eigenvalue weighted by Crippen LogP contribution is -2.16. The summed E-state index contributed by atoms with van der Waals surface area (Å²) < 4.78 is 0. The highest BCUT2D eigenvalue weighted by atomic mass is 32.2. The molecule has 0 saturated heterocycles.